The van der Waals surface area contributed by atoms with Gasteiger partial charge in [0.1, 0.15) is 11.1 Å². The molecule has 0 unspecified atom stereocenters. The van der Waals surface area contributed by atoms with Crippen LogP contribution in [0.1, 0.15) is 53.3 Å². The van der Waals surface area contributed by atoms with Crippen LogP contribution in [0.4, 0.5) is 0 Å². The topological polar surface area (TPSA) is 105 Å². The molecule has 0 atom stereocenters. The molecule has 0 N–H and O–H groups in total. The smallest absolute Gasteiger partial charge is 0.423 e. The summed E-state index contributed by atoms with van der Waals surface area (Å²) < 4.78 is 21.0. The summed E-state index contributed by atoms with van der Waals surface area (Å²) in [5.41, 5.74) is -0.890. The Morgan fingerprint density at radius 3 is 1.48 bits per heavy atom. The van der Waals surface area contributed by atoms with Crippen LogP contribution in [0.2, 0.25) is 30.1 Å². The molecule has 0 amide bonds. The van der Waals surface area contributed by atoms with E-state index >= 15 is 0 Å². The van der Waals surface area contributed by atoms with Crippen molar-refractivity contribution < 1.29 is 38.1 Å². The number of halogens is 6. The third kappa shape index (κ3) is 6.17. The molecule has 4 fully saturated rings. The van der Waals surface area contributed by atoms with Gasteiger partial charge in [0.25, 0.3) is 0 Å². The van der Waals surface area contributed by atoms with Crippen LogP contribution in [0, 0.1) is 29.6 Å². The highest BCUT2D eigenvalue weighted by molar-refractivity contribution is 6.47. The fourth-order valence-corrected chi connectivity index (χ4v) is 6.82. The molecule has 4 saturated carbocycles. The van der Waals surface area contributed by atoms with E-state index in [-0.39, 0.29) is 55.2 Å². The molecule has 2 aromatic carbocycles. The molecule has 0 aromatic heterocycles. The highest BCUT2D eigenvalue weighted by Gasteiger charge is 2.52. The van der Waals surface area contributed by atoms with Crippen molar-refractivity contribution in [1.82, 2.24) is 0 Å². The Bertz CT molecular complexity index is 1470. The Balaban J connectivity index is 1.33. The lowest BCUT2D eigenvalue weighted by Gasteiger charge is -2.57. The van der Waals surface area contributed by atoms with Crippen molar-refractivity contribution in [2.75, 3.05) is 13.2 Å². The predicted octanol–water partition coefficient (Wildman–Crippen LogP) is 8.13. The fourth-order valence-electron chi connectivity index (χ4n) is 5.38. The average molecular weight is 699 g/mol. The van der Waals surface area contributed by atoms with Gasteiger partial charge in [-0.05, 0) is 67.4 Å². The number of benzene rings is 2. The number of carbonyl (C=O) groups excluding carboxylic acids is 4. The lowest BCUT2D eigenvalue weighted by Crippen LogP contribution is -2.52. The first-order valence-electron chi connectivity index (χ1n) is 13.0. The van der Waals surface area contributed by atoms with Crippen molar-refractivity contribution in [3.8, 4) is 11.5 Å². The van der Waals surface area contributed by atoms with E-state index in [4.69, 9.17) is 88.6 Å². The number of carbonyl (C=O) groups is 4. The Labute approximate surface area is 270 Å². The summed E-state index contributed by atoms with van der Waals surface area (Å²) in [6.07, 6.45) is 4.00. The van der Waals surface area contributed by atoms with Crippen LogP contribution in [-0.2, 0) is 19.1 Å². The van der Waals surface area contributed by atoms with E-state index in [0.717, 1.165) is 37.8 Å². The third-order valence-electron chi connectivity index (χ3n) is 7.97. The standard InChI is InChI=1S/C28H22Cl6O8/c1-10-2-11(3-10)8-39-25(35)19-21(33)15(29)6-17(31)23(19)41-27(37)28(38)42-24-18(32)7-16(30)22(34)20(24)26(36)40-9-14-12-4-13(14)5-12/h6-7,10-14H,2-5,8-9H2,1H3. The molecule has 0 saturated heterocycles. The molecule has 0 radical (unpaired) electrons. The van der Waals surface area contributed by atoms with Crippen molar-refractivity contribution >= 4 is 93.5 Å². The zero-order valence-electron chi connectivity index (χ0n) is 21.8. The van der Waals surface area contributed by atoms with Gasteiger partial charge in [-0.1, -0.05) is 76.5 Å². The van der Waals surface area contributed by atoms with Gasteiger partial charge in [-0.15, -0.1) is 0 Å². The molecule has 6 rings (SSSR count). The zero-order valence-corrected chi connectivity index (χ0v) is 26.4. The molecule has 2 bridgehead atoms. The van der Waals surface area contributed by atoms with Gasteiger partial charge >= 0.3 is 23.9 Å². The Kier molecular flexibility index (Phi) is 9.43. The normalized spacial score (nSPS) is 23.5. The first-order chi connectivity index (χ1) is 19.8. The average Bonchev–Trinajstić information content (AvgIpc) is 2.85. The summed E-state index contributed by atoms with van der Waals surface area (Å²) in [6.45, 7) is 2.34. The van der Waals surface area contributed by atoms with Crippen LogP contribution < -0.4 is 9.47 Å². The maximum atomic E-state index is 13.0. The second kappa shape index (κ2) is 12.6. The van der Waals surface area contributed by atoms with Crippen LogP contribution >= 0.6 is 69.6 Å². The first kappa shape index (κ1) is 31.5. The van der Waals surface area contributed by atoms with Crippen LogP contribution in [-0.4, -0.2) is 37.1 Å². The van der Waals surface area contributed by atoms with Gasteiger partial charge in [0.15, 0.2) is 11.5 Å². The molecule has 0 heterocycles. The van der Waals surface area contributed by atoms with E-state index in [0.29, 0.717) is 17.8 Å². The molecule has 0 aliphatic heterocycles. The minimum atomic E-state index is -1.63. The van der Waals surface area contributed by atoms with E-state index in [1.165, 1.54) is 0 Å². The van der Waals surface area contributed by atoms with Crippen LogP contribution in [0.15, 0.2) is 12.1 Å². The van der Waals surface area contributed by atoms with Crippen LogP contribution in [0.5, 0.6) is 11.5 Å². The summed E-state index contributed by atoms with van der Waals surface area (Å²) in [7, 11) is 0. The fraction of sp³-hybridized carbons (Fsp3) is 0.429. The van der Waals surface area contributed by atoms with Crippen molar-refractivity contribution in [2.45, 2.75) is 32.6 Å². The number of esters is 4. The molecular formula is C28H22Cl6O8. The minimum Gasteiger partial charge on any atom is -0.462 e. The molecule has 14 heteroatoms. The molecule has 4 aliphatic rings. The van der Waals surface area contributed by atoms with E-state index in [1.807, 2.05) is 0 Å². The maximum Gasteiger partial charge on any atom is 0.423 e. The lowest BCUT2D eigenvalue weighted by atomic mass is 9.48. The number of rotatable bonds is 8. The molecular weight excluding hydrogens is 677 g/mol. The summed E-state index contributed by atoms with van der Waals surface area (Å²) in [4.78, 5) is 51.6. The molecule has 42 heavy (non-hydrogen) atoms. The largest absolute Gasteiger partial charge is 0.462 e. The predicted molar refractivity (Wildman–Crippen MR) is 156 cm³/mol. The summed E-state index contributed by atoms with van der Waals surface area (Å²) in [6, 6.07) is 2.25. The van der Waals surface area contributed by atoms with Crippen molar-refractivity contribution in [1.29, 1.82) is 0 Å². The molecule has 224 valence electrons. The highest BCUT2D eigenvalue weighted by atomic mass is 35.5. The third-order valence-corrected chi connectivity index (χ3v) is 10.1. The first-order valence-corrected chi connectivity index (χ1v) is 15.3. The Hall–Kier alpha value is -1.94. The van der Waals surface area contributed by atoms with Gasteiger partial charge < -0.3 is 18.9 Å². The Morgan fingerprint density at radius 2 is 1.10 bits per heavy atom. The van der Waals surface area contributed by atoms with Crippen LogP contribution in [0.3, 0.4) is 0 Å². The molecule has 4 aliphatic carbocycles. The second-order valence-electron chi connectivity index (χ2n) is 10.8. The summed E-state index contributed by atoms with van der Waals surface area (Å²) in [5.74, 6) is -4.29. The molecule has 8 nitrogen and oxygen atoms in total. The Morgan fingerprint density at radius 1 is 0.667 bits per heavy atom. The quantitative estimate of drug-likeness (QED) is 0.118. The van der Waals surface area contributed by atoms with E-state index in [9.17, 15) is 19.2 Å². The lowest BCUT2D eigenvalue weighted by molar-refractivity contribution is -0.156. The SMILES string of the molecule is CC1CC(COC(=O)c2c(Cl)c(Cl)cc(Cl)c2OC(=O)C(=O)Oc2c(Cl)cc(Cl)c(Cl)c2C(=O)OCC2C3CC2C3)C1. The van der Waals surface area contributed by atoms with Gasteiger partial charge in [0.05, 0.1) is 43.3 Å². The maximum absolute atomic E-state index is 13.0. The monoisotopic (exact) mass is 696 g/mol. The van der Waals surface area contributed by atoms with E-state index in [2.05, 4.69) is 6.92 Å². The molecule has 0 spiro atoms. The number of hydrogen-bond donors (Lipinski definition) is 0. The van der Waals surface area contributed by atoms with Crippen molar-refractivity contribution in [2.24, 2.45) is 29.6 Å². The van der Waals surface area contributed by atoms with Crippen molar-refractivity contribution in [3.05, 3.63) is 53.4 Å². The van der Waals surface area contributed by atoms with Gasteiger partial charge in [0, 0.05) is 0 Å². The van der Waals surface area contributed by atoms with Crippen LogP contribution in [0.25, 0.3) is 0 Å². The minimum absolute atomic E-state index is 0.107. The number of ether oxygens (including phenoxy) is 4. The van der Waals surface area contributed by atoms with Gasteiger partial charge in [-0.2, -0.15) is 0 Å². The number of hydrogen-bond acceptors (Lipinski definition) is 8. The summed E-state index contributed by atoms with van der Waals surface area (Å²) in [5, 5.41) is -1.42. The van der Waals surface area contributed by atoms with Crippen molar-refractivity contribution in [3.63, 3.8) is 0 Å². The molecule has 2 aromatic rings. The zero-order chi connectivity index (χ0) is 30.5. The highest BCUT2D eigenvalue weighted by Crippen LogP contribution is 2.58. The van der Waals surface area contributed by atoms with Gasteiger partial charge in [0.2, 0.25) is 0 Å². The van der Waals surface area contributed by atoms with E-state index in [1.54, 1.807) is 0 Å². The van der Waals surface area contributed by atoms with Gasteiger partial charge in [-0.25, -0.2) is 19.2 Å². The van der Waals surface area contributed by atoms with E-state index < -0.39 is 46.5 Å². The van der Waals surface area contributed by atoms with Gasteiger partial charge in [-0.3, -0.25) is 0 Å². The summed E-state index contributed by atoms with van der Waals surface area (Å²) >= 11 is 37.1. The second-order valence-corrected chi connectivity index (χ2v) is 13.2.